The van der Waals surface area contributed by atoms with Crippen molar-refractivity contribution >= 4 is 11.6 Å². The number of nitrogens with one attached hydrogen (secondary N) is 1. The fourth-order valence-electron chi connectivity index (χ4n) is 1.71. The molecule has 20 heavy (non-hydrogen) atoms. The van der Waals surface area contributed by atoms with Gasteiger partial charge in [-0.05, 0) is 6.42 Å². The van der Waals surface area contributed by atoms with Crippen LogP contribution in [0.1, 0.15) is 23.8 Å². The first-order chi connectivity index (χ1) is 9.60. The molecule has 0 radical (unpaired) electrons. The van der Waals surface area contributed by atoms with Gasteiger partial charge in [0.05, 0.1) is 30.9 Å². The summed E-state index contributed by atoms with van der Waals surface area (Å²) in [5, 5.41) is 21.9. The van der Waals surface area contributed by atoms with Crippen molar-refractivity contribution in [3.63, 3.8) is 0 Å². The molecule has 1 rings (SSSR count). The van der Waals surface area contributed by atoms with Gasteiger partial charge in [-0.1, -0.05) is 6.92 Å². The molecule has 0 aliphatic heterocycles. The van der Waals surface area contributed by atoms with Crippen LogP contribution < -0.4 is 5.32 Å². The van der Waals surface area contributed by atoms with Crippen LogP contribution in [0.2, 0.25) is 0 Å². The lowest BCUT2D eigenvalue weighted by atomic mass is 10.3. The smallest absolute Gasteiger partial charge is 0.287 e. The number of carbonyl (C=O) groups excluding carboxylic acids is 1. The Labute approximate surface area is 116 Å². The number of hydrogen-bond donors (Lipinski definition) is 2. The van der Waals surface area contributed by atoms with E-state index >= 15 is 0 Å². The number of nitrogens with zero attached hydrogens (tertiary/aromatic N) is 2. The predicted octanol–water partition coefficient (Wildman–Crippen LogP) is 0.545. The zero-order valence-electron chi connectivity index (χ0n) is 11.4. The van der Waals surface area contributed by atoms with Crippen molar-refractivity contribution in [2.24, 2.45) is 0 Å². The van der Waals surface area contributed by atoms with Crippen LogP contribution in [0.25, 0.3) is 0 Å². The van der Waals surface area contributed by atoms with E-state index in [2.05, 4.69) is 5.32 Å². The largest absolute Gasteiger partial charge is 0.394 e. The molecule has 0 fully saturated rings. The van der Waals surface area contributed by atoms with Gasteiger partial charge >= 0.3 is 0 Å². The summed E-state index contributed by atoms with van der Waals surface area (Å²) in [5.74, 6) is -0.376. The Kier molecular flexibility index (Phi) is 6.68. The van der Waals surface area contributed by atoms with Gasteiger partial charge in [0.25, 0.3) is 11.6 Å². The van der Waals surface area contributed by atoms with Gasteiger partial charge in [-0.25, -0.2) is 0 Å². The maximum atomic E-state index is 11.9. The van der Waals surface area contributed by atoms with Crippen LogP contribution in [0.4, 0.5) is 5.69 Å². The van der Waals surface area contributed by atoms with Crippen LogP contribution in [0.15, 0.2) is 12.3 Å². The van der Waals surface area contributed by atoms with Gasteiger partial charge in [0.1, 0.15) is 5.69 Å². The SMILES string of the molecule is CCCn1cc([N+](=O)[O-])cc1C(=O)NCCOCCO. The number of carbonyl (C=O) groups is 1. The van der Waals surface area contributed by atoms with Crippen molar-refractivity contribution in [1.82, 2.24) is 9.88 Å². The summed E-state index contributed by atoms with van der Waals surface area (Å²) >= 11 is 0. The average molecular weight is 285 g/mol. The van der Waals surface area contributed by atoms with E-state index < -0.39 is 4.92 Å². The average Bonchev–Trinajstić information content (AvgIpc) is 2.83. The van der Waals surface area contributed by atoms with E-state index in [0.29, 0.717) is 6.54 Å². The molecule has 0 atom stereocenters. The third-order valence-corrected chi connectivity index (χ3v) is 2.56. The molecular formula is C12H19N3O5. The number of aliphatic hydroxyl groups excluding tert-OH is 1. The topological polar surface area (TPSA) is 107 Å². The second-order valence-electron chi connectivity index (χ2n) is 4.13. The van der Waals surface area contributed by atoms with Crippen molar-refractivity contribution in [3.05, 3.63) is 28.1 Å². The first-order valence-corrected chi connectivity index (χ1v) is 6.41. The van der Waals surface area contributed by atoms with E-state index in [1.165, 1.54) is 12.3 Å². The molecule has 8 heteroatoms. The van der Waals surface area contributed by atoms with E-state index in [1.54, 1.807) is 4.57 Å². The first kappa shape index (κ1) is 16.1. The summed E-state index contributed by atoms with van der Waals surface area (Å²) in [6, 6.07) is 1.26. The lowest BCUT2D eigenvalue weighted by molar-refractivity contribution is -0.384. The number of aliphatic hydroxyl groups is 1. The molecule has 0 saturated heterocycles. The Balaban J connectivity index is 2.63. The normalized spacial score (nSPS) is 10.5. The van der Waals surface area contributed by atoms with E-state index in [9.17, 15) is 14.9 Å². The van der Waals surface area contributed by atoms with Crippen LogP contribution >= 0.6 is 0 Å². The molecule has 0 aromatic carbocycles. The fraction of sp³-hybridized carbons (Fsp3) is 0.583. The van der Waals surface area contributed by atoms with Gasteiger partial charge < -0.3 is 19.7 Å². The molecule has 112 valence electrons. The Morgan fingerprint density at radius 2 is 2.30 bits per heavy atom. The van der Waals surface area contributed by atoms with Crippen molar-refractivity contribution in [1.29, 1.82) is 0 Å². The first-order valence-electron chi connectivity index (χ1n) is 6.41. The molecule has 0 spiro atoms. The number of amides is 1. The molecule has 0 unspecified atom stereocenters. The summed E-state index contributed by atoms with van der Waals surface area (Å²) in [5.41, 5.74) is 0.167. The minimum Gasteiger partial charge on any atom is -0.394 e. The lowest BCUT2D eigenvalue weighted by Crippen LogP contribution is -2.29. The predicted molar refractivity (Wildman–Crippen MR) is 71.6 cm³/mol. The van der Waals surface area contributed by atoms with E-state index in [-0.39, 0.29) is 43.7 Å². The summed E-state index contributed by atoms with van der Waals surface area (Å²) < 4.78 is 6.58. The highest BCUT2D eigenvalue weighted by Gasteiger charge is 2.18. The molecular weight excluding hydrogens is 266 g/mol. The molecule has 0 bridgehead atoms. The molecule has 8 nitrogen and oxygen atoms in total. The van der Waals surface area contributed by atoms with Gasteiger partial charge in [0.15, 0.2) is 0 Å². The van der Waals surface area contributed by atoms with Gasteiger partial charge in [-0.15, -0.1) is 0 Å². The molecule has 0 aliphatic rings. The molecule has 0 aliphatic carbocycles. The quantitative estimate of drug-likeness (QED) is 0.391. The monoisotopic (exact) mass is 285 g/mol. The zero-order chi connectivity index (χ0) is 15.0. The van der Waals surface area contributed by atoms with Crippen LogP contribution in [0, 0.1) is 10.1 Å². The van der Waals surface area contributed by atoms with E-state index in [0.717, 1.165) is 6.42 Å². The number of rotatable bonds is 9. The van der Waals surface area contributed by atoms with Crippen molar-refractivity contribution in [2.45, 2.75) is 19.9 Å². The third-order valence-electron chi connectivity index (χ3n) is 2.56. The second-order valence-corrected chi connectivity index (χ2v) is 4.13. The van der Waals surface area contributed by atoms with Gasteiger partial charge in [-0.3, -0.25) is 14.9 Å². The third kappa shape index (κ3) is 4.63. The second kappa shape index (κ2) is 8.28. The van der Waals surface area contributed by atoms with E-state index in [1.807, 2.05) is 6.92 Å². The van der Waals surface area contributed by atoms with Crippen molar-refractivity contribution in [2.75, 3.05) is 26.4 Å². The molecule has 1 aromatic heterocycles. The maximum Gasteiger partial charge on any atom is 0.287 e. The Bertz CT molecular complexity index is 458. The minimum atomic E-state index is -0.521. The minimum absolute atomic E-state index is 0.0699. The van der Waals surface area contributed by atoms with Crippen LogP contribution in [0.5, 0.6) is 0 Å². The maximum absolute atomic E-state index is 11.9. The number of aromatic nitrogens is 1. The number of ether oxygens (including phenoxy) is 1. The van der Waals surface area contributed by atoms with Gasteiger partial charge in [-0.2, -0.15) is 0 Å². The van der Waals surface area contributed by atoms with Gasteiger partial charge in [0.2, 0.25) is 0 Å². The highest BCUT2D eigenvalue weighted by molar-refractivity contribution is 5.93. The van der Waals surface area contributed by atoms with Crippen LogP contribution in [0.3, 0.4) is 0 Å². The van der Waals surface area contributed by atoms with Gasteiger partial charge in [0, 0.05) is 19.2 Å². The van der Waals surface area contributed by atoms with E-state index in [4.69, 9.17) is 9.84 Å². The Morgan fingerprint density at radius 1 is 1.55 bits per heavy atom. The highest BCUT2D eigenvalue weighted by Crippen LogP contribution is 2.16. The summed E-state index contributed by atoms with van der Waals surface area (Å²) in [4.78, 5) is 22.2. The number of hydrogen-bond acceptors (Lipinski definition) is 5. The molecule has 1 amide bonds. The number of aryl methyl sites for hydroxylation is 1. The summed E-state index contributed by atoms with van der Waals surface area (Å²) in [6.07, 6.45) is 2.13. The Hall–Kier alpha value is -1.93. The molecule has 1 aromatic rings. The number of nitro groups is 1. The fourth-order valence-corrected chi connectivity index (χ4v) is 1.71. The van der Waals surface area contributed by atoms with Crippen molar-refractivity contribution < 1.29 is 19.6 Å². The lowest BCUT2D eigenvalue weighted by Gasteiger charge is -2.08. The standard InChI is InChI=1S/C12H19N3O5/c1-2-4-14-9-10(15(18)19)8-11(14)12(17)13-3-6-20-7-5-16/h8-9,16H,2-7H2,1H3,(H,13,17). The molecule has 1 heterocycles. The zero-order valence-corrected chi connectivity index (χ0v) is 11.4. The van der Waals surface area contributed by atoms with Crippen LogP contribution in [-0.2, 0) is 11.3 Å². The Morgan fingerprint density at radius 3 is 2.90 bits per heavy atom. The highest BCUT2D eigenvalue weighted by atomic mass is 16.6. The summed E-state index contributed by atoms with van der Waals surface area (Å²) in [7, 11) is 0. The summed E-state index contributed by atoms with van der Waals surface area (Å²) in [6.45, 7) is 3.17. The molecule has 2 N–H and O–H groups in total. The molecule has 0 saturated carbocycles. The van der Waals surface area contributed by atoms with Crippen LogP contribution in [-0.4, -0.2) is 46.9 Å². The van der Waals surface area contributed by atoms with Crippen molar-refractivity contribution in [3.8, 4) is 0 Å².